The first-order valence-corrected chi connectivity index (χ1v) is 14.5. The summed E-state index contributed by atoms with van der Waals surface area (Å²) in [6.45, 7) is 11.1. The van der Waals surface area contributed by atoms with Crippen LogP contribution in [0, 0.1) is 46.3 Å². The maximum Gasteiger partial charge on any atom is 0.303 e. The highest BCUT2D eigenvalue weighted by molar-refractivity contribution is 5.67. The van der Waals surface area contributed by atoms with Crippen LogP contribution >= 0.6 is 0 Å². The Morgan fingerprint density at radius 2 is 1.53 bits per heavy atom. The van der Waals surface area contributed by atoms with Crippen molar-refractivity contribution in [2.75, 3.05) is 0 Å². The van der Waals surface area contributed by atoms with Crippen LogP contribution in [0.2, 0.25) is 0 Å². The molecule has 0 aromatic heterocycles. The Balaban J connectivity index is 1.71. The molecule has 0 spiro atoms. The zero-order valence-electron chi connectivity index (χ0n) is 23.9. The molecule has 4 aliphatic rings. The molecule has 0 bridgehead atoms. The van der Waals surface area contributed by atoms with Crippen molar-refractivity contribution in [1.82, 2.24) is 0 Å². The number of esters is 3. The highest BCUT2D eigenvalue weighted by atomic mass is 16.6. The maximum atomic E-state index is 12.4. The minimum atomic E-state index is -0.790. The van der Waals surface area contributed by atoms with Gasteiger partial charge in [-0.3, -0.25) is 19.2 Å². The first-order valence-electron chi connectivity index (χ1n) is 14.5. The SMILES string of the molecule is CC(=O)OC1CC[C@@]2(C)[C@@H](C1)CC(OC(C)=O)[C@@H]1[C@@H]2CC(OC(C)=O)[C@]2(C)[C@@H](C(C)CCC(=O)O)CC[C@@H]12. The van der Waals surface area contributed by atoms with Crippen LogP contribution in [-0.4, -0.2) is 47.3 Å². The number of carbonyl (C=O) groups excluding carboxylic acids is 3. The molecule has 0 radical (unpaired) electrons. The molecule has 38 heavy (non-hydrogen) atoms. The van der Waals surface area contributed by atoms with Gasteiger partial charge < -0.3 is 19.3 Å². The van der Waals surface area contributed by atoms with Crippen molar-refractivity contribution in [3.05, 3.63) is 0 Å². The largest absolute Gasteiger partial charge is 0.481 e. The molecule has 0 aromatic rings. The van der Waals surface area contributed by atoms with Crippen molar-refractivity contribution in [2.45, 2.75) is 118 Å². The molecule has 4 unspecified atom stereocenters. The van der Waals surface area contributed by atoms with Gasteiger partial charge in [-0.15, -0.1) is 0 Å². The fourth-order valence-electron chi connectivity index (χ4n) is 9.67. The van der Waals surface area contributed by atoms with E-state index in [1.165, 1.54) is 20.8 Å². The predicted octanol–water partition coefficient (Wildman–Crippen LogP) is 5.16. The van der Waals surface area contributed by atoms with E-state index in [0.717, 1.165) is 38.5 Å². The summed E-state index contributed by atoms with van der Waals surface area (Å²) in [5.41, 5.74) is -0.355. The molecule has 0 amide bonds. The normalized spacial score (nSPS) is 42.6. The minimum Gasteiger partial charge on any atom is -0.481 e. The van der Waals surface area contributed by atoms with E-state index in [4.69, 9.17) is 14.2 Å². The third-order valence-electron chi connectivity index (χ3n) is 11.2. The number of fused-ring (bicyclic) bond motifs is 5. The van der Waals surface area contributed by atoms with Gasteiger partial charge in [0.2, 0.25) is 0 Å². The average Bonchev–Trinajstić information content (AvgIpc) is 3.16. The third kappa shape index (κ3) is 5.21. The van der Waals surface area contributed by atoms with Crippen LogP contribution in [0.25, 0.3) is 0 Å². The number of rotatable bonds is 7. The monoisotopic (exact) mass is 534 g/mol. The number of carboxylic acid groups (broad SMARTS) is 1. The molecule has 4 rings (SSSR count). The lowest BCUT2D eigenvalue weighted by molar-refractivity contribution is -0.224. The summed E-state index contributed by atoms with van der Waals surface area (Å²) in [5.74, 6) is -0.421. The number of carbonyl (C=O) groups is 4. The Morgan fingerprint density at radius 3 is 2.13 bits per heavy atom. The summed E-state index contributed by atoms with van der Waals surface area (Å²) in [6.07, 6.45) is 5.93. The zero-order valence-corrected chi connectivity index (χ0v) is 23.9. The second kappa shape index (κ2) is 10.8. The fourth-order valence-corrected chi connectivity index (χ4v) is 9.67. The highest BCUT2D eigenvalue weighted by Gasteiger charge is 2.67. The summed E-state index contributed by atoms with van der Waals surface area (Å²) < 4.78 is 17.8. The molecule has 8 nitrogen and oxygen atoms in total. The van der Waals surface area contributed by atoms with Gasteiger partial charge in [-0.25, -0.2) is 0 Å². The number of aliphatic carboxylic acids is 1. The van der Waals surface area contributed by atoms with Gasteiger partial charge >= 0.3 is 23.9 Å². The Labute approximate surface area is 226 Å². The van der Waals surface area contributed by atoms with Crippen molar-refractivity contribution in [2.24, 2.45) is 46.3 Å². The fraction of sp³-hybridized carbons (Fsp3) is 0.867. The summed E-state index contributed by atoms with van der Waals surface area (Å²) in [6, 6.07) is 0. The van der Waals surface area contributed by atoms with Gasteiger partial charge in [0.25, 0.3) is 0 Å². The molecule has 0 aliphatic heterocycles. The van der Waals surface area contributed by atoms with E-state index >= 15 is 0 Å². The molecular weight excluding hydrogens is 488 g/mol. The van der Waals surface area contributed by atoms with Gasteiger partial charge in [0.05, 0.1) is 0 Å². The second-order valence-electron chi connectivity index (χ2n) is 13.2. The first kappa shape index (κ1) is 28.9. The van der Waals surface area contributed by atoms with E-state index in [1.54, 1.807) is 0 Å². The van der Waals surface area contributed by atoms with Gasteiger partial charge in [0.1, 0.15) is 18.3 Å². The van der Waals surface area contributed by atoms with Gasteiger partial charge in [-0.1, -0.05) is 20.8 Å². The van der Waals surface area contributed by atoms with Crippen molar-refractivity contribution in [3.8, 4) is 0 Å². The third-order valence-corrected chi connectivity index (χ3v) is 11.2. The quantitative estimate of drug-likeness (QED) is 0.352. The molecule has 11 atom stereocenters. The van der Waals surface area contributed by atoms with Crippen LogP contribution in [-0.2, 0) is 33.4 Å². The molecule has 4 saturated carbocycles. The Morgan fingerprint density at radius 1 is 0.868 bits per heavy atom. The summed E-state index contributed by atoms with van der Waals surface area (Å²) >= 11 is 0. The van der Waals surface area contributed by atoms with Crippen molar-refractivity contribution in [1.29, 1.82) is 0 Å². The van der Waals surface area contributed by atoms with Crippen molar-refractivity contribution >= 4 is 23.9 Å². The van der Waals surface area contributed by atoms with E-state index in [-0.39, 0.29) is 89.0 Å². The van der Waals surface area contributed by atoms with Gasteiger partial charge in [-0.05, 0) is 86.4 Å². The molecule has 4 fully saturated rings. The van der Waals surface area contributed by atoms with Crippen LogP contribution < -0.4 is 0 Å². The molecule has 8 heteroatoms. The minimum absolute atomic E-state index is 0.0370. The van der Waals surface area contributed by atoms with Crippen LogP contribution in [0.1, 0.15) is 99.3 Å². The standard InChI is InChI=1S/C30H46O8/c1-16(7-10-27(34)35)22-8-9-23-28-24(15-26(30(22,23)6)38-19(4)33)29(5)12-11-21(36-17(2)31)13-20(29)14-25(28)37-18(3)32/h16,20-26,28H,7-15H2,1-6H3,(H,34,35)/t16?,20-,21?,22+,23-,24-,25?,26?,28-,29-,30+/m0/s1. The molecule has 1 N–H and O–H groups in total. The zero-order chi connectivity index (χ0) is 28.0. The van der Waals surface area contributed by atoms with E-state index in [2.05, 4.69) is 20.8 Å². The predicted molar refractivity (Wildman–Crippen MR) is 139 cm³/mol. The Kier molecular flexibility index (Phi) is 8.21. The number of carboxylic acids is 1. The molecule has 214 valence electrons. The van der Waals surface area contributed by atoms with Gasteiger partial charge in [0.15, 0.2) is 0 Å². The van der Waals surface area contributed by atoms with Crippen molar-refractivity contribution < 1.29 is 38.5 Å². The van der Waals surface area contributed by atoms with Crippen LogP contribution in [0.4, 0.5) is 0 Å². The Bertz CT molecular complexity index is 947. The summed E-state index contributed by atoms with van der Waals surface area (Å²) in [5, 5.41) is 9.31. The van der Waals surface area contributed by atoms with Crippen LogP contribution in [0.3, 0.4) is 0 Å². The highest BCUT2D eigenvalue weighted by Crippen LogP contribution is 2.69. The molecule has 0 aromatic carbocycles. The van der Waals surface area contributed by atoms with E-state index in [0.29, 0.717) is 12.8 Å². The molecule has 0 heterocycles. The first-order chi connectivity index (χ1) is 17.8. The van der Waals surface area contributed by atoms with Gasteiger partial charge in [-0.2, -0.15) is 0 Å². The summed E-state index contributed by atoms with van der Waals surface area (Å²) in [4.78, 5) is 47.7. The average molecular weight is 535 g/mol. The summed E-state index contributed by atoms with van der Waals surface area (Å²) in [7, 11) is 0. The number of ether oxygens (including phenoxy) is 3. The number of hydrogen-bond donors (Lipinski definition) is 1. The topological polar surface area (TPSA) is 116 Å². The molecular formula is C30H46O8. The van der Waals surface area contributed by atoms with Gasteiger partial charge in [0, 0.05) is 38.5 Å². The smallest absolute Gasteiger partial charge is 0.303 e. The van der Waals surface area contributed by atoms with E-state index in [1.807, 2.05) is 0 Å². The lowest BCUT2D eigenvalue weighted by Crippen LogP contribution is -2.63. The molecule has 4 aliphatic carbocycles. The Hall–Kier alpha value is -2.12. The maximum absolute atomic E-state index is 12.4. The van der Waals surface area contributed by atoms with E-state index in [9.17, 15) is 24.3 Å². The van der Waals surface area contributed by atoms with E-state index < -0.39 is 5.97 Å². The molecule has 0 saturated heterocycles. The lowest BCUT2D eigenvalue weighted by atomic mass is 9.43. The van der Waals surface area contributed by atoms with Crippen LogP contribution in [0.15, 0.2) is 0 Å². The lowest BCUT2D eigenvalue weighted by Gasteiger charge is -2.64. The van der Waals surface area contributed by atoms with Crippen molar-refractivity contribution in [3.63, 3.8) is 0 Å². The number of hydrogen-bond acceptors (Lipinski definition) is 7. The van der Waals surface area contributed by atoms with Crippen LogP contribution in [0.5, 0.6) is 0 Å². The second-order valence-corrected chi connectivity index (χ2v) is 13.2.